The van der Waals surface area contributed by atoms with Crippen LogP contribution in [0.2, 0.25) is 0 Å². The molecule has 1 aliphatic carbocycles. The molecule has 0 unspecified atom stereocenters. The molecule has 0 spiro atoms. The lowest BCUT2D eigenvalue weighted by atomic mass is 10.4. The van der Waals surface area contributed by atoms with E-state index in [0.29, 0.717) is 18.2 Å². The van der Waals surface area contributed by atoms with Crippen LogP contribution < -0.4 is 16.6 Å². The number of anilines is 2. The van der Waals surface area contributed by atoms with E-state index in [0.717, 1.165) is 24.9 Å². The minimum atomic E-state index is 0.610. The van der Waals surface area contributed by atoms with Gasteiger partial charge in [-0.05, 0) is 25.7 Å². The van der Waals surface area contributed by atoms with Gasteiger partial charge in [-0.1, -0.05) is 0 Å². The molecular formula is C11H19N5O. The van der Waals surface area contributed by atoms with E-state index >= 15 is 0 Å². The second-order valence-corrected chi connectivity index (χ2v) is 4.28. The normalized spacial score (nSPS) is 14.7. The van der Waals surface area contributed by atoms with Gasteiger partial charge in [-0.2, -0.15) is 0 Å². The van der Waals surface area contributed by atoms with Crippen LogP contribution in [0.1, 0.15) is 18.7 Å². The molecule has 0 radical (unpaired) electrons. The molecule has 6 heteroatoms. The van der Waals surface area contributed by atoms with Crippen molar-refractivity contribution in [3.05, 3.63) is 11.9 Å². The van der Waals surface area contributed by atoms with Crippen molar-refractivity contribution in [2.24, 2.45) is 11.8 Å². The summed E-state index contributed by atoms with van der Waals surface area (Å²) in [6.07, 6.45) is 2.65. The summed E-state index contributed by atoms with van der Waals surface area (Å²) in [6.45, 7) is 4.16. The number of aryl methyl sites for hydroxylation is 1. The highest BCUT2D eigenvalue weighted by Gasteiger charge is 2.20. The van der Waals surface area contributed by atoms with Gasteiger partial charge in [0.05, 0.1) is 6.61 Å². The van der Waals surface area contributed by atoms with E-state index in [2.05, 4.69) is 20.7 Å². The fourth-order valence-electron chi connectivity index (χ4n) is 1.52. The lowest BCUT2D eigenvalue weighted by Crippen LogP contribution is -2.14. The van der Waals surface area contributed by atoms with Gasteiger partial charge in [0, 0.05) is 19.2 Å². The van der Waals surface area contributed by atoms with Crippen molar-refractivity contribution < 1.29 is 4.74 Å². The molecular weight excluding hydrogens is 218 g/mol. The molecule has 6 nitrogen and oxygen atoms in total. The first-order valence-electron chi connectivity index (χ1n) is 5.92. The summed E-state index contributed by atoms with van der Waals surface area (Å²) < 4.78 is 5.52. The average molecular weight is 237 g/mol. The standard InChI is InChI=1S/C11H19N5O/c1-8-14-10(6-11(15-8)16-12)13-4-5-17-7-9-2-3-9/h6,9H,2-5,7,12H2,1H3,(H2,13,14,15,16). The van der Waals surface area contributed by atoms with Crippen molar-refractivity contribution in [3.63, 3.8) is 0 Å². The van der Waals surface area contributed by atoms with Crippen molar-refractivity contribution in [1.82, 2.24) is 9.97 Å². The van der Waals surface area contributed by atoms with Gasteiger partial charge >= 0.3 is 0 Å². The summed E-state index contributed by atoms with van der Waals surface area (Å²) in [4.78, 5) is 8.36. The molecule has 0 aromatic carbocycles. The molecule has 0 aliphatic heterocycles. The topological polar surface area (TPSA) is 85.1 Å². The quantitative estimate of drug-likeness (QED) is 0.371. The maximum Gasteiger partial charge on any atom is 0.145 e. The van der Waals surface area contributed by atoms with E-state index in [1.165, 1.54) is 12.8 Å². The molecule has 0 atom stereocenters. The molecule has 2 rings (SSSR count). The molecule has 1 aliphatic rings. The van der Waals surface area contributed by atoms with Gasteiger partial charge in [0.1, 0.15) is 17.5 Å². The Bertz CT molecular complexity index is 367. The smallest absolute Gasteiger partial charge is 0.145 e. The molecule has 0 bridgehead atoms. The largest absolute Gasteiger partial charge is 0.379 e. The van der Waals surface area contributed by atoms with Crippen LogP contribution in [0.25, 0.3) is 0 Å². The zero-order valence-corrected chi connectivity index (χ0v) is 10.1. The highest BCUT2D eigenvalue weighted by molar-refractivity contribution is 5.46. The third-order valence-electron chi connectivity index (χ3n) is 2.59. The van der Waals surface area contributed by atoms with Crippen LogP contribution in [0, 0.1) is 12.8 Å². The molecule has 0 saturated heterocycles. The van der Waals surface area contributed by atoms with E-state index in [-0.39, 0.29) is 0 Å². The minimum absolute atomic E-state index is 0.610. The van der Waals surface area contributed by atoms with Gasteiger partial charge < -0.3 is 15.5 Å². The van der Waals surface area contributed by atoms with Crippen LogP contribution >= 0.6 is 0 Å². The van der Waals surface area contributed by atoms with Crippen LogP contribution in [-0.4, -0.2) is 29.7 Å². The Hall–Kier alpha value is -1.40. The Balaban J connectivity index is 1.71. The monoisotopic (exact) mass is 237 g/mol. The van der Waals surface area contributed by atoms with E-state index in [4.69, 9.17) is 10.6 Å². The fourth-order valence-corrected chi connectivity index (χ4v) is 1.52. The number of rotatable bonds is 7. The molecule has 1 aromatic heterocycles. The van der Waals surface area contributed by atoms with E-state index in [9.17, 15) is 0 Å². The molecule has 1 saturated carbocycles. The Morgan fingerprint density at radius 3 is 2.88 bits per heavy atom. The summed E-state index contributed by atoms with van der Waals surface area (Å²) in [5.74, 6) is 8.18. The Labute approximate surface area is 101 Å². The van der Waals surface area contributed by atoms with Crippen LogP contribution in [0.4, 0.5) is 11.6 Å². The second kappa shape index (κ2) is 5.79. The number of nitrogens with two attached hydrogens (primary N) is 1. The predicted molar refractivity (Wildman–Crippen MR) is 66.6 cm³/mol. The molecule has 17 heavy (non-hydrogen) atoms. The van der Waals surface area contributed by atoms with Gasteiger partial charge in [0.2, 0.25) is 0 Å². The first-order valence-corrected chi connectivity index (χ1v) is 5.92. The number of nitrogens with zero attached hydrogens (tertiary/aromatic N) is 2. The minimum Gasteiger partial charge on any atom is -0.379 e. The number of aromatic nitrogens is 2. The van der Waals surface area contributed by atoms with Crippen molar-refractivity contribution in [2.45, 2.75) is 19.8 Å². The summed E-state index contributed by atoms with van der Waals surface area (Å²) in [5, 5.41) is 3.18. The molecule has 4 N–H and O–H groups in total. The number of nitrogens with one attached hydrogen (secondary N) is 2. The van der Waals surface area contributed by atoms with Gasteiger partial charge in [-0.25, -0.2) is 15.8 Å². The number of hydrogen-bond donors (Lipinski definition) is 3. The fraction of sp³-hybridized carbons (Fsp3) is 0.636. The van der Waals surface area contributed by atoms with Crippen molar-refractivity contribution in [1.29, 1.82) is 0 Å². The summed E-state index contributed by atoms with van der Waals surface area (Å²) >= 11 is 0. The van der Waals surface area contributed by atoms with E-state index in [1.807, 2.05) is 6.92 Å². The molecule has 94 valence electrons. The third kappa shape index (κ3) is 4.16. The second-order valence-electron chi connectivity index (χ2n) is 4.28. The summed E-state index contributed by atoms with van der Waals surface area (Å²) in [5.41, 5.74) is 2.51. The van der Waals surface area contributed by atoms with Gasteiger partial charge in [-0.15, -0.1) is 0 Å². The maximum atomic E-state index is 5.52. The van der Waals surface area contributed by atoms with E-state index in [1.54, 1.807) is 6.07 Å². The average Bonchev–Trinajstić information content (AvgIpc) is 3.12. The Kier molecular flexibility index (Phi) is 4.11. The molecule has 1 heterocycles. The van der Waals surface area contributed by atoms with Gasteiger partial charge in [-0.3, -0.25) is 0 Å². The number of nitrogen functional groups attached to an aromatic ring is 1. The number of hydrogen-bond acceptors (Lipinski definition) is 6. The SMILES string of the molecule is Cc1nc(NN)cc(NCCOCC2CC2)n1. The van der Waals surface area contributed by atoms with Gasteiger partial charge in [0.15, 0.2) is 0 Å². The summed E-state index contributed by atoms with van der Waals surface area (Å²) in [6, 6.07) is 1.77. The highest BCUT2D eigenvalue weighted by Crippen LogP contribution is 2.28. The highest BCUT2D eigenvalue weighted by atomic mass is 16.5. The lowest BCUT2D eigenvalue weighted by molar-refractivity contribution is 0.134. The van der Waals surface area contributed by atoms with Crippen molar-refractivity contribution in [3.8, 4) is 0 Å². The zero-order valence-electron chi connectivity index (χ0n) is 10.1. The lowest BCUT2D eigenvalue weighted by Gasteiger charge is -2.08. The maximum absolute atomic E-state index is 5.52. The molecule has 1 aromatic rings. The van der Waals surface area contributed by atoms with Crippen LogP contribution in [0.5, 0.6) is 0 Å². The molecule has 0 amide bonds. The van der Waals surface area contributed by atoms with Crippen molar-refractivity contribution >= 4 is 11.6 Å². The first-order chi connectivity index (χ1) is 8.28. The first kappa shape index (κ1) is 12.1. The summed E-state index contributed by atoms with van der Waals surface area (Å²) in [7, 11) is 0. The molecule has 1 fully saturated rings. The zero-order chi connectivity index (χ0) is 12.1. The van der Waals surface area contributed by atoms with Crippen LogP contribution in [0.3, 0.4) is 0 Å². The van der Waals surface area contributed by atoms with Crippen molar-refractivity contribution in [2.75, 3.05) is 30.5 Å². The Morgan fingerprint density at radius 2 is 2.18 bits per heavy atom. The van der Waals surface area contributed by atoms with Gasteiger partial charge in [0.25, 0.3) is 0 Å². The van der Waals surface area contributed by atoms with Crippen LogP contribution in [0.15, 0.2) is 6.07 Å². The Morgan fingerprint density at radius 1 is 1.41 bits per heavy atom. The predicted octanol–water partition coefficient (Wildman–Crippen LogP) is 0.909. The van der Waals surface area contributed by atoms with Crippen LogP contribution in [-0.2, 0) is 4.74 Å². The number of ether oxygens (including phenoxy) is 1. The third-order valence-corrected chi connectivity index (χ3v) is 2.59. The van der Waals surface area contributed by atoms with E-state index < -0.39 is 0 Å². The number of hydrazine groups is 1.